The zero-order valence-electron chi connectivity index (χ0n) is 15.3. The molecule has 136 valence electrons. The van der Waals surface area contributed by atoms with E-state index in [-0.39, 0.29) is 11.9 Å². The second-order valence-electron chi connectivity index (χ2n) is 6.67. The Morgan fingerprint density at radius 2 is 1.89 bits per heavy atom. The SMILES string of the molecule is CC(NC(=O)c1cnn(C)c1Cc1ccccc1)c1coc2ccccc12. The number of benzene rings is 2. The van der Waals surface area contributed by atoms with E-state index < -0.39 is 0 Å². The van der Waals surface area contributed by atoms with Crippen LogP contribution < -0.4 is 5.32 Å². The van der Waals surface area contributed by atoms with Crippen molar-refractivity contribution in [3.8, 4) is 0 Å². The molecule has 0 fully saturated rings. The number of hydrogen-bond acceptors (Lipinski definition) is 3. The van der Waals surface area contributed by atoms with Crippen molar-refractivity contribution in [2.75, 3.05) is 0 Å². The van der Waals surface area contributed by atoms with Crippen molar-refractivity contribution in [2.24, 2.45) is 7.05 Å². The monoisotopic (exact) mass is 359 g/mol. The largest absolute Gasteiger partial charge is 0.464 e. The Balaban J connectivity index is 1.57. The van der Waals surface area contributed by atoms with E-state index in [4.69, 9.17) is 4.42 Å². The molecule has 2 aromatic carbocycles. The van der Waals surface area contributed by atoms with Gasteiger partial charge in [0.2, 0.25) is 0 Å². The molecule has 0 aliphatic rings. The number of fused-ring (bicyclic) bond motifs is 1. The van der Waals surface area contributed by atoms with Crippen LogP contribution in [-0.2, 0) is 13.5 Å². The number of nitrogens with one attached hydrogen (secondary N) is 1. The molecular formula is C22H21N3O2. The Labute approximate surface area is 157 Å². The normalized spacial score (nSPS) is 12.2. The van der Waals surface area contributed by atoms with Gasteiger partial charge in [0.15, 0.2) is 0 Å². The highest BCUT2D eigenvalue weighted by molar-refractivity contribution is 5.96. The van der Waals surface area contributed by atoms with Crippen LogP contribution in [0, 0.1) is 0 Å². The predicted molar refractivity (Wildman–Crippen MR) is 105 cm³/mol. The molecule has 4 aromatic rings. The first-order chi connectivity index (χ1) is 13.1. The maximum atomic E-state index is 12.9. The predicted octanol–water partition coefficient (Wildman–Crippen LogP) is 4.25. The van der Waals surface area contributed by atoms with Crippen LogP contribution in [0.3, 0.4) is 0 Å². The van der Waals surface area contributed by atoms with Gasteiger partial charge in [-0.2, -0.15) is 5.10 Å². The van der Waals surface area contributed by atoms with Gasteiger partial charge in [0.05, 0.1) is 29.8 Å². The summed E-state index contributed by atoms with van der Waals surface area (Å²) < 4.78 is 7.36. The average Bonchev–Trinajstić information content (AvgIpc) is 3.27. The summed E-state index contributed by atoms with van der Waals surface area (Å²) in [5, 5.41) is 8.38. The quantitative estimate of drug-likeness (QED) is 0.579. The Kier molecular flexibility index (Phi) is 4.50. The van der Waals surface area contributed by atoms with Crippen LogP contribution in [0.4, 0.5) is 0 Å². The number of amides is 1. The van der Waals surface area contributed by atoms with Gasteiger partial charge in [-0.15, -0.1) is 0 Å². The van der Waals surface area contributed by atoms with Gasteiger partial charge in [-0.05, 0) is 18.6 Å². The van der Waals surface area contributed by atoms with Crippen LogP contribution in [0.25, 0.3) is 11.0 Å². The van der Waals surface area contributed by atoms with Gasteiger partial charge < -0.3 is 9.73 Å². The topological polar surface area (TPSA) is 60.1 Å². The fraction of sp³-hybridized carbons (Fsp3) is 0.182. The molecule has 0 aliphatic heterocycles. The van der Waals surface area contributed by atoms with E-state index >= 15 is 0 Å². The lowest BCUT2D eigenvalue weighted by Crippen LogP contribution is -2.27. The van der Waals surface area contributed by atoms with Crippen LogP contribution in [0.5, 0.6) is 0 Å². The molecular weight excluding hydrogens is 338 g/mol. The second-order valence-corrected chi connectivity index (χ2v) is 6.67. The minimum atomic E-state index is -0.175. The number of para-hydroxylation sites is 1. The van der Waals surface area contributed by atoms with Gasteiger partial charge in [-0.3, -0.25) is 9.48 Å². The van der Waals surface area contributed by atoms with Crippen LogP contribution in [-0.4, -0.2) is 15.7 Å². The lowest BCUT2D eigenvalue weighted by molar-refractivity contribution is 0.0939. The maximum Gasteiger partial charge on any atom is 0.255 e. The average molecular weight is 359 g/mol. The number of aromatic nitrogens is 2. The van der Waals surface area contributed by atoms with Crippen molar-refractivity contribution in [2.45, 2.75) is 19.4 Å². The molecule has 1 N–H and O–H groups in total. The molecule has 2 aromatic heterocycles. The molecule has 0 spiro atoms. The first-order valence-corrected chi connectivity index (χ1v) is 8.95. The highest BCUT2D eigenvalue weighted by atomic mass is 16.3. The Bertz CT molecular complexity index is 1080. The van der Waals surface area contributed by atoms with Gasteiger partial charge in [-0.25, -0.2) is 0 Å². The third-order valence-electron chi connectivity index (χ3n) is 4.85. The molecule has 0 aliphatic carbocycles. The number of hydrogen-bond donors (Lipinski definition) is 1. The number of carbonyl (C=O) groups is 1. The Hall–Kier alpha value is -3.34. The van der Waals surface area contributed by atoms with Crippen LogP contribution in [0.1, 0.15) is 40.1 Å². The fourth-order valence-electron chi connectivity index (χ4n) is 3.34. The van der Waals surface area contributed by atoms with Crippen molar-refractivity contribution < 1.29 is 9.21 Å². The summed E-state index contributed by atoms with van der Waals surface area (Å²) in [4.78, 5) is 12.9. The zero-order chi connectivity index (χ0) is 18.8. The summed E-state index contributed by atoms with van der Waals surface area (Å²) in [6.07, 6.45) is 4.00. The van der Waals surface area contributed by atoms with Crippen molar-refractivity contribution in [3.05, 3.63) is 89.4 Å². The molecule has 27 heavy (non-hydrogen) atoms. The minimum Gasteiger partial charge on any atom is -0.464 e. The van der Waals surface area contributed by atoms with Crippen LogP contribution in [0.15, 0.2) is 71.5 Å². The molecule has 0 saturated heterocycles. The molecule has 1 atom stereocenters. The molecule has 0 radical (unpaired) electrons. The van der Waals surface area contributed by atoms with Gasteiger partial charge in [-0.1, -0.05) is 48.5 Å². The number of aryl methyl sites for hydroxylation is 1. The number of rotatable bonds is 5. The van der Waals surface area contributed by atoms with Crippen LogP contribution in [0.2, 0.25) is 0 Å². The van der Waals surface area contributed by atoms with E-state index in [9.17, 15) is 4.79 Å². The molecule has 5 nitrogen and oxygen atoms in total. The molecule has 0 saturated carbocycles. The number of carbonyl (C=O) groups excluding carboxylic acids is 1. The minimum absolute atomic E-state index is 0.133. The van der Waals surface area contributed by atoms with E-state index in [0.717, 1.165) is 27.8 Å². The van der Waals surface area contributed by atoms with Crippen molar-refractivity contribution in [3.63, 3.8) is 0 Å². The number of furan rings is 1. The molecule has 0 bridgehead atoms. The van der Waals surface area contributed by atoms with Gasteiger partial charge >= 0.3 is 0 Å². The summed E-state index contributed by atoms with van der Waals surface area (Å²) in [5.41, 5.74) is 4.42. The van der Waals surface area contributed by atoms with E-state index in [2.05, 4.69) is 22.5 Å². The fourth-order valence-corrected chi connectivity index (χ4v) is 3.34. The van der Waals surface area contributed by atoms with E-state index in [0.29, 0.717) is 12.0 Å². The smallest absolute Gasteiger partial charge is 0.255 e. The third kappa shape index (κ3) is 3.36. The third-order valence-corrected chi connectivity index (χ3v) is 4.85. The van der Waals surface area contributed by atoms with Gasteiger partial charge in [0.25, 0.3) is 5.91 Å². The van der Waals surface area contributed by atoms with Gasteiger partial charge in [0, 0.05) is 24.4 Å². The van der Waals surface area contributed by atoms with E-state index in [1.807, 2.05) is 56.4 Å². The zero-order valence-corrected chi connectivity index (χ0v) is 15.3. The first-order valence-electron chi connectivity index (χ1n) is 8.95. The highest BCUT2D eigenvalue weighted by Crippen LogP contribution is 2.26. The molecule has 1 unspecified atom stereocenters. The summed E-state index contributed by atoms with van der Waals surface area (Å²) in [6.45, 7) is 1.96. The highest BCUT2D eigenvalue weighted by Gasteiger charge is 2.20. The first kappa shape index (κ1) is 17.1. The molecule has 5 heteroatoms. The van der Waals surface area contributed by atoms with E-state index in [1.165, 1.54) is 0 Å². The standard InChI is InChI=1S/C22H21N3O2/c1-15(19-14-27-21-11-7-6-10-17(19)21)24-22(26)18-13-23-25(2)20(18)12-16-8-4-3-5-9-16/h3-11,13-15H,12H2,1-2H3,(H,24,26). The number of nitrogens with zero attached hydrogens (tertiary/aromatic N) is 2. The van der Waals surface area contributed by atoms with Crippen molar-refractivity contribution in [1.82, 2.24) is 15.1 Å². The summed E-state index contributed by atoms with van der Waals surface area (Å²) in [6, 6.07) is 17.7. The van der Waals surface area contributed by atoms with Crippen molar-refractivity contribution >= 4 is 16.9 Å². The van der Waals surface area contributed by atoms with Crippen LogP contribution >= 0.6 is 0 Å². The second kappa shape index (κ2) is 7.11. The summed E-state index contributed by atoms with van der Waals surface area (Å²) in [7, 11) is 1.86. The van der Waals surface area contributed by atoms with Gasteiger partial charge in [0.1, 0.15) is 5.58 Å². The maximum absolute atomic E-state index is 12.9. The lowest BCUT2D eigenvalue weighted by atomic mass is 10.0. The Morgan fingerprint density at radius 1 is 1.15 bits per heavy atom. The lowest BCUT2D eigenvalue weighted by Gasteiger charge is -2.13. The van der Waals surface area contributed by atoms with E-state index in [1.54, 1.807) is 17.1 Å². The Morgan fingerprint density at radius 3 is 2.70 bits per heavy atom. The molecule has 2 heterocycles. The summed E-state index contributed by atoms with van der Waals surface area (Å²) in [5.74, 6) is -0.133. The molecule has 1 amide bonds. The molecule has 4 rings (SSSR count). The summed E-state index contributed by atoms with van der Waals surface area (Å²) >= 11 is 0. The van der Waals surface area contributed by atoms with Crippen molar-refractivity contribution in [1.29, 1.82) is 0 Å².